The smallest absolute Gasteiger partial charge is 0.344 e. The van der Waals surface area contributed by atoms with Gasteiger partial charge in [0.2, 0.25) is 5.89 Å². The Balaban J connectivity index is 2.19. The molecule has 1 heterocycles. The standard InChI is InChI=1S/C17H18N2O7S/c1-4-24-15(20)9-25-12-6-5-11(7-13(12)23-3)8-14(16(21)22)27-17-19-18-10(2)26-17/h5-8H,4,9H2,1-3H3,(H,21,22)/p-1/b14-8-. The molecule has 0 N–H and O–H groups in total. The lowest BCUT2D eigenvalue weighted by Crippen LogP contribution is -2.23. The molecule has 144 valence electrons. The number of hydrogen-bond acceptors (Lipinski definition) is 10. The molecule has 0 fully saturated rings. The molecule has 0 spiro atoms. The van der Waals surface area contributed by atoms with Crippen LogP contribution in [-0.4, -0.2) is 42.5 Å². The molecule has 27 heavy (non-hydrogen) atoms. The SMILES string of the molecule is CCOC(=O)COc1ccc(/C=C(\Sc2nnc(C)o2)C(=O)[O-])cc1OC. The second kappa shape index (κ2) is 9.62. The van der Waals surface area contributed by atoms with E-state index in [9.17, 15) is 14.7 Å². The Morgan fingerprint density at radius 2 is 2.07 bits per heavy atom. The number of thioether (sulfide) groups is 1. The van der Waals surface area contributed by atoms with Gasteiger partial charge in [-0.1, -0.05) is 6.07 Å². The van der Waals surface area contributed by atoms with Crippen LogP contribution in [0.3, 0.4) is 0 Å². The van der Waals surface area contributed by atoms with Gasteiger partial charge in [0.1, 0.15) is 0 Å². The van der Waals surface area contributed by atoms with Gasteiger partial charge in [-0.3, -0.25) is 0 Å². The fourth-order valence-electron chi connectivity index (χ4n) is 1.93. The number of methoxy groups -OCH3 is 1. The largest absolute Gasteiger partial charge is 0.544 e. The number of nitrogens with zero attached hydrogens (tertiary/aromatic N) is 2. The Morgan fingerprint density at radius 3 is 2.67 bits per heavy atom. The maximum atomic E-state index is 11.4. The monoisotopic (exact) mass is 393 g/mol. The molecule has 0 saturated heterocycles. The molecule has 0 amide bonds. The number of carboxylic acid groups (broad SMARTS) is 1. The molecular formula is C17H17N2O7S-. The third kappa shape index (κ3) is 6.03. The average Bonchev–Trinajstić information content (AvgIpc) is 3.05. The molecule has 0 radical (unpaired) electrons. The second-order valence-electron chi connectivity index (χ2n) is 4.99. The van der Waals surface area contributed by atoms with E-state index in [-0.39, 0.29) is 23.3 Å². The molecule has 1 aromatic carbocycles. The normalized spacial score (nSPS) is 11.1. The first-order valence-corrected chi connectivity index (χ1v) is 8.62. The Morgan fingerprint density at radius 1 is 1.30 bits per heavy atom. The summed E-state index contributed by atoms with van der Waals surface area (Å²) in [5.41, 5.74) is 0.512. The quantitative estimate of drug-likeness (QED) is 0.349. The van der Waals surface area contributed by atoms with E-state index in [0.29, 0.717) is 23.0 Å². The van der Waals surface area contributed by atoms with Gasteiger partial charge in [0.05, 0.1) is 19.7 Å². The number of aryl methyl sites for hydroxylation is 1. The average molecular weight is 393 g/mol. The van der Waals surface area contributed by atoms with Crippen molar-refractivity contribution in [1.82, 2.24) is 10.2 Å². The third-order valence-electron chi connectivity index (χ3n) is 3.04. The van der Waals surface area contributed by atoms with E-state index in [4.69, 9.17) is 18.6 Å². The highest BCUT2D eigenvalue weighted by Crippen LogP contribution is 2.31. The van der Waals surface area contributed by atoms with Crippen molar-refractivity contribution in [1.29, 1.82) is 0 Å². The predicted molar refractivity (Wildman–Crippen MR) is 93.0 cm³/mol. The van der Waals surface area contributed by atoms with E-state index in [0.717, 1.165) is 11.8 Å². The van der Waals surface area contributed by atoms with Gasteiger partial charge in [-0.2, -0.15) is 0 Å². The van der Waals surface area contributed by atoms with Crippen molar-refractivity contribution in [3.63, 3.8) is 0 Å². The molecule has 0 aliphatic carbocycles. The summed E-state index contributed by atoms with van der Waals surface area (Å²) >= 11 is 0.775. The number of aliphatic carboxylic acids is 1. The van der Waals surface area contributed by atoms with Crippen molar-refractivity contribution in [2.24, 2.45) is 0 Å². The molecule has 2 rings (SSSR count). The molecule has 0 unspecified atom stereocenters. The minimum absolute atomic E-state index is 0.0873. The van der Waals surface area contributed by atoms with Crippen molar-refractivity contribution < 1.29 is 33.3 Å². The lowest BCUT2D eigenvalue weighted by molar-refractivity contribution is -0.298. The van der Waals surface area contributed by atoms with Gasteiger partial charge in [-0.25, -0.2) is 4.79 Å². The van der Waals surface area contributed by atoms with Gasteiger partial charge in [-0.15, -0.1) is 10.2 Å². The zero-order chi connectivity index (χ0) is 19.8. The van der Waals surface area contributed by atoms with Gasteiger partial charge in [0.25, 0.3) is 5.22 Å². The van der Waals surface area contributed by atoms with Crippen LogP contribution < -0.4 is 14.6 Å². The number of ether oxygens (including phenoxy) is 3. The number of esters is 1. The molecule has 0 aliphatic heterocycles. The van der Waals surface area contributed by atoms with Crippen LogP contribution in [-0.2, 0) is 14.3 Å². The number of benzene rings is 1. The molecular weight excluding hydrogens is 376 g/mol. The molecule has 0 atom stereocenters. The van der Waals surface area contributed by atoms with Crippen LogP contribution in [0.5, 0.6) is 11.5 Å². The summed E-state index contributed by atoms with van der Waals surface area (Å²) in [5.74, 6) is -0.936. The Hall–Kier alpha value is -3.01. The number of carbonyl (C=O) groups is 2. The lowest BCUT2D eigenvalue weighted by atomic mass is 10.2. The Labute approximate surface area is 159 Å². The van der Waals surface area contributed by atoms with Crippen molar-refractivity contribution in [3.8, 4) is 11.5 Å². The van der Waals surface area contributed by atoms with E-state index < -0.39 is 11.9 Å². The third-order valence-corrected chi connectivity index (χ3v) is 3.89. The number of rotatable bonds is 9. The van der Waals surface area contributed by atoms with Crippen molar-refractivity contribution in [3.05, 3.63) is 34.6 Å². The van der Waals surface area contributed by atoms with Gasteiger partial charge in [-0.05, 0) is 42.5 Å². The first-order valence-electron chi connectivity index (χ1n) is 7.80. The highest BCUT2D eigenvalue weighted by molar-refractivity contribution is 8.03. The minimum Gasteiger partial charge on any atom is -0.544 e. The van der Waals surface area contributed by atoms with E-state index in [1.54, 1.807) is 32.0 Å². The van der Waals surface area contributed by atoms with Crippen molar-refractivity contribution in [2.45, 2.75) is 19.1 Å². The van der Waals surface area contributed by atoms with E-state index in [2.05, 4.69) is 10.2 Å². The zero-order valence-electron chi connectivity index (χ0n) is 14.9. The summed E-state index contributed by atoms with van der Waals surface area (Å²) < 4.78 is 20.5. The second-order valence-corrected chi connectivity index (χ2v) is 5.98. The van der Waals surface area contributed by atoms with Crippen LogP contribution >= 0.6 is 11.8 Å². The van der Waals surface area contributed by atoms with Crippen LogP contribution in [0.2, 0.25) is 0 Å². The van der Waals surface area contributed by atoms with Crippen LogP contribution in [0.25, 0.3) is 6.08 Å². The van der Waals surface area contributed by atoms with Crippen molar-refractivity contribution in [2.75, 3.05) is 20.3 Å². The molecule has 0 bridgehead atoms. The number of aromatic nitrogens is 2. The fourth-order valence-corrected chi connectivity index (χ4v) is 2.64. The summed E-state index contributed by atoms with van der Waals surface area (Å²) in [5, 5.41) is 18.8. The van der Waals surface area contributed by atoms with E-state index in [1.807, 2.05) is 0 Å². The highest BCUT2D eigenvalue weighted by Gasteiger charge is 2.12. The Bertz CT molecular complexity index is 848. The topological polar surface area (TPSA) is 124 Å². The van der Waals surface area contributed by atoms with Crippen LogP contribution in [0.15, 0.2) is 32.7 Å². The molecule has 9 nitrogen and oxygen atoms in total. The van der Waals surface area contributed by atoms with Crippen molar-refractivity contribution >= 4 is 29.8 Å². The maximum Gasteiger partial charge on any atom is 0.344 e. The van der Waals surface area contributed by atoms with Crippen LogP contribution in [0, 0.1) is 6.92 Å². The predicted octanol–water partition coefficient (Wildman–Crippen LogP) is 1.21. The molecule has 0 saturated carbocycles. The zero-order valence-corrected chi connectivity index (χ0v) is 15.7. The molecule has 2 aromatic rings. The van der Waals surface area contributed by atoms with Gasteiger partial charge in [0, 0.05) is 11.8 Å². The maximum absolute atomic E-state index is 11.4. The van der Waals surface area contributed by atoms with E-state index in [1.165, 1.54) is 13.2 Å². The molecule has 1 aromatic heterocycles. The fraction of sp³-hybridized carbons (Fsp3) is 0.294. The van der Waals surface area contributed by atoms with Gasteiger partial charge >= 0.3 is 5.97 Å². The molecule has 10 heteroatoms. The van der Waals surface area contributed by atoms with Crippen LogP contribution in [0.1, 0.15) is 18.4 Å². The summed E-state index contributed by atoms with van der Waals surface area (Å²) in [6, 6.07) is 4.72. The minimum atomic E-state index is -1.39. The molecule has 0 aliphatic rings. The summed E-state index contributed by atoms with van der Waals surface area (Å²) in [7, 11) is 1.43. The lowest BCUT2D eigenvalue weighted by Gasteiger charge is -2.11. The number of carboxylic acids is 1. The van der Waals surface area contributed by atoms with Gasteiger partial charge in [0.15, 0.2) is 18.1 Å². The van der Waals surface area contributed by atoms with Gasteiger partial charge < -0.3 is 28.5 Å². The van der Waals surface area contributed by atoms with Crippen LogP contribution in [0.4, 0.5) is 0 Å². The van der Waals surface area contributed by atoms with E-state index >= 15 is 0 Å². The Kier molecular flexibility index (Phi) is 7.24. The number of hydrogen-bond donors (Lipinski definition) is 0. The highest BCUT2D eigenvalue weighted by atomic mass is 32.2. The summed E-state index contributed by atoms with van der Waals surface area (Å²) in [6.45, 7) is 3.28. The summed E-state index contributed by atoms with van der Waals surface area (Å²) in [4.78, 5) is 22.6. The number of carbonyl (C=O) groups excluding carboxylic acids is 2. The summed E-state index contributed by atoms with van der Waals surface area (Å²) in [6.07, 6.45) is 1.37. The first-order chi connectivity index (χ1) is 12.9. The first kappa shape index (κ1) is 20.3.